The molecule has 0 aliphatic rings. The highest BCUT2D eigenvalue weighted by Crippen LogP contribution is 2.20. The third kappa shape index (κ3) is 3.19. The standard InChI is InChI=1S/C10H8BrClN2S/c11-7-2-1-3-8(4-7)13-5-9-6-14-10(12)15-9/h1-4,6,13H,5H2. The van der Waals surface area contributed by atoms with Crippen molar-refractivity contribution in [3.63, 3.8) is 0 Å². The van der Waals surface area contributed by atoms with Crippen LogP contribution in [0.2, 0.25) is 4.47 Å². The summed E-state index contributed by atoms with van der Waals surface area (Å²) in [6.07, 6.45) is 1.79. The molecule has 78 valence electrons. The van der Waals surface area contributed by atoms with Gasteiger partial charge in [0.2, 0.25) is 0 Å². The largest absolute Gasteiger partial charge is 0.380 e. The quantitative estimate of drug-likeness (QED) is 0.920. The number of hydrogen-bond donors (Lipinski definition) is 1. The molecule has 15 heavy (non-hydrogen) atoms. The van der Waals surface area contributed by atoms with E-state index in [0.717, 1.165) is 21.6 Å². The van der Waals surface area contributed by atoms with Crippen LogP contribution in [0.1, 0.15) is 4.88 Å². The second-order valence-electron chi connectivity index (χ2n) is 2.94. The number of rotatable bonds is 3. The number of aromatic nitrogens is 1. The van der Waals surface area contributed by atoms with E-state index in [4.69, 9.17) is 11.6 Å². The van der Waals surface area contributed by atoms with Crippen LogP contribution in [0.3, 0.4) is 0 Å². The predicted octanol–water partition coefficient (Wildman–Crippen LogP) is 4.17. The Hall–Kier alpha value is -0.580. The second kappa shape index (κ2) is 4.96. The van der Waals surface area contributed by atoms with Gasteiger partial charge in [-0.3, -0.25) is 0 Å². The van der Waals surface area contributed by atoms with Crippen molar-refractivity contribution in [3.8, 4) is 0 Å². The topological polar surface area (TPSA) is 24.9 Å². The molecule has 0 saturated carbocycles. The lowest BCUT2D eigenvalue weighted by Gasteiger charge is -2.04. The summed E-state index contributed by atoms with van der Waals surface area (Å²) in [5.41, 5.74) is 1.08. The van der Waals surface area contributed by atoms with Crippen LogP contribution in [0.4, 0.5) is 5.69 Å². The molecule has 2 aromatic rings. The molecule has 0 unspecified atom stereocenters. The van der Waals surface area contributed by atoms with Gasteiger partial charge in [-0.1, -0.05) is 33.6 Å². The van der Waals surface area contributed by atoms with Crippen LogP contribution in [-0.4, -0.2) is 4.98 Å². The van der Waals surface area contributed by atoms with E-state index in [1.165, 1.54) is 11.3 Å². The summed E-state index contributed by atoms with van der Waals surface area (Å²) in [6.45, 7) is 0.751. The summed E-state index contributed by atoms with van der Waals surface area (Å²) in [6, 6.07) is 8.04. The van der Waals surface area contributed by atoms with Gasteiger partial charge in [-0.25, -0.2) is 4.98 Å². The highest BCUT2D eigenvalue weighted by atomic mass is 79.9. The highest BCUT2D eigenvalue weighted by molar-refractivity contribution is 9.10. The number of hydrogen-bond acceptors (Lipinski definition) is 3. The van der Waals surface area contributed by atoms with Crippen LogP contribution in [0.25, 0.3) is 0 Å². The lowest BCUT2D eigenvalue weighted by Crippen LogP contribution is -1.96. The van der Waals surface area contributed by atoms with Gasteiger partial charge in [-0.2, -0.15) is 0 Å². The maximum atomic E-state index is 5.74. The summed E-state index contributed by atoms with van der Waals surface area (Å²) in [4.78, 5) is 5.11. The molecule has 0 atom stereocenters. The second-order valence-corrected chi connectivity index (χ2v) is 5.56. The molecule has 0 spiro atoms. The van der Waals surface area contributed by atoms with Crippen LogP contribution in [-0.2, 0) is 6.54 Å². The summed E-state index contributed by atoms with van der Waals surface area (Å²) < 4.78 is 1.65. The van der Waals surface area contributed by atoms with Gasteiger partial charge in [0.15, 0.2) is 4.47 Å². The first-order chi connectivity index (χ1) is 7.24. The third-order valence-corrected chi connectivity index (χ3v) is 3.42. The van der Waals surface area contributed by atoms with Crippen molar-refractivity contribution in [2.45, 2.75) is 6.54 Å². The average Bonchev–Trinajstić information content (AvgIpc) is 2.62. The van der Waals surface area contributed by atoms with Crippen molar-refractivity contribution in [2.75, 3.05) is 5.32 Å². The average molecular weight is 304 g/mol. The number of nitrogens with zero attached hydrogens (tertiary/aromatic N) is 1. The molecular weight excluding hydrogens is 296 g/mol. The smallest absolute Gasteiger partial charge is 0.183 e. The zero-order chi connectivity index (χ0) is 10.7. The third-order valence-electron chi connectivity index (χ3n) is 1.82. The molecular formula is C10H8BrClN2S. The molecule has 0 radical (unpaired) electrons. The van der Waals surface area contributed by atoms with E-state index in [9.17, 15) is 0 Å². The molecule has 1 heterocycles. The molecule has 0 aliphatic heterocycles. The van der Waals surface area contributed by atoms with Crippen molar-refractivity contribution in [2.24, 2.45) is 0 Å². The fourth-order valence-electron chi connectivity index (χ4n) is 1.15. The molecule has 1 N–H and O–H groups in total. The molecule has 0 aliphatic carbocycles. The fourth-order valence-corrected chi connectivity index (χ4v) is 2.47. The molecule has 0 amide bonds. The number of benzene rings is 1. The Labute approximate surface area is 105 Å². The first kappa shape index (κ1) is 10.9. The first-order valence-corrected chi connectivity index (χ1v) is 6.32. The van der Waals surface area contributed by atoms with Gasteiger partial charge in [0.25, 0.3) is 0 Å². The molecule has 0 fully saturated rings. The van der Waals surface area contributed by atoms with E-state index >= 15 is 0 Å². The Balaban J connectivity index is 1.99. The predicted molar refractivity (Wildman–Crippen MR) is 68.6 cm³/mol. The van der Waals surface area contributed by atoms with Gasteiger partial charge in [-0.05, 0) is 18.2 Å². The molecule has 5 heteroatoms. The van der Waals surface area contributed by atoms with E-state index < -0.39 is 0 Å². The number of halogens is 2. The fraction of sp³-hybridized carbons (Fsp3) is 0.100. The molecule has 0 bridgehead atoms. The first-order valence-electron chi connectivity index (χ1n) is 4.34. The monoisotopic (exact) mass is 302 g/mol. The van der Waals surface area contributed by atoms with Crippen LogP contribution >= 0.6 is 38.9 Å². The zero-order valence-corrected chi connectivity index (χ0v) is 10.9. The molecule has 2 nitrogen and oxygen atoms in total. The van der Waals surface area contributed by atoms with Gasteiger partial charge in [-0.15, -0.1) is 11.3 Å². The Morgan fingerprint density at radius 2 is 2.33 bits per heavy atom. The number of thiazole rings is 1. The minimum absolute atomic E-state index is 0.584. The lowest BCUT2D eigenvalue weighted by atomic mass is 10.3. The summed E-state index contributed by atoms with van der Waals surface area (Å²) in [5, 5.41) is 3.30. The Morgan fingerprint density at radius 3 is 3.00 bits per heavy atom. The molecule has 0 saturated heterocycles. The van der Waals surface area contributed by atoms with E-state index in [1.807, 2.05) is 24.3 Å². The van der Waals surface area contributed by atoms with Crippen LogP contribution in [0, 0.1) is 0 Å². The normalized spacial score (nSPS) is 10.3. The van der Waals surface area contributed by atoms with E-state index in [-0.39, 0.29) is 0 Å². The van der Waals surface area contributed by atoms with E-state index in [0.29, 0.717) is 4.47 Å². The molecule has 2 rings (SSSR count). The Morgan fingerprint density at radius 1 is 1.47 bits per heavy atom. The Kier molecular flexibility index (Phi) is 3.61. The van der Waals surface area contributed by atoms with E-state index in [2.05, 4.69) is 26.2 Å². The minimum atomic E-state index is 0.584. The summed E-state index contributed by atoms with van der Waals surface area (Å²) >= 11 is 10.7. The maximum Gasteiger partial charge on any atom is 0.183 e. The van der Waals surface area contributed by atoms with Gasteiger partial charge in [0.1, 0.15) is 0 Å². The van der Waals surface area contributed by atoms with Gasteiger partial charge >= 0.3 is 0 Å². The molecule has 1 aromatic heterocycles. The van der Waals surface area contributed by atoms with Crippen LogP contribution < -0.4 is 5.32 Å². The SMILES string of the molecule is Clc1ncc(CNc2cccc(Br)c2)s1. The van der Waals surface area contributed by atoms with Crippen molar-refractivity contribution < 1.29 is 0 Å². The minimum Gasteiger partial charge on any atom is -0.380 e. The van der Waals surface area contributed by atoms with Crippen LogP contribution in [0.15, 0.2) is 34.9 Å². The van der Waals surface area contributed by atoms with Crippen molar-refractivity contribution in [3.05, 3.63) is 44.3 Å². The van der Waals surface area contributed by atoms with E-state index in [1.54, 1.807) is 6.20 Å². The molecule has 1 aromatic carbocycles. The number of anilines is 1. The zero-order valence-electron chi connectivity index (χ0n) is 7.71. The summed E-state index contributed by atoms with van der Waals surface area (Å²) in [5.74, 6) is 0. The highest BCUT2D eigenvalue weighted by Gasteiger charge is 1.99. The lowest BCUT2D eigenvalue weighted by molar-refractivity contribution is 1.17. The van der Waals surface area contributed by atoms with Gasteiger partial charge in [0.05, 0.1) is 6.54 Å². The van der Waals surface area contributed by atoms with Crippen LogP contribution in [0.5, 0.6) is 0 Å². The van der Waals surface area contributed by atoms with Gasteiger partial charge in [0, 0.05) is 21.2 Å². The summed E-state index contributed by atoms with van der Waals surface area (Å²) in [7, 11) is 0. The van der Waals surface area contributed by atoms with Crippen molar-refractivity contribution in [1.29, 1.82) is 0 Å². The van der Waals surface area contributed by atoms with Gasteiger partial charge < -0.3 is 5.32 Å². The Bertz CT molecular complexity index is 458. The van der Waals surface area contributed by atoms with Crippen molar-refractivity contribution >= 4 is 44.6 Å². The number of nitrogens with one attached hydrogen (secondary N) is 1. The maximum absolute atomic E-state index is 5.74. The van der Waals surface area contributed by atoms with Crippen molar-refractivity contribution in [1.82, 2.24) is 4.98 Å².